The molecule has 0 heterocycles. The zero-order valence-electron chi connectivity index (χ0n) is 25.0. The predicted octanol–water partition coefficient (Wildman–Crippen LogP) is 0.962. The molecule has 2 aliphatic rings. The third-order valence-corrected chi connectivity index (χ3v) is 7.81. The molecule has 0 fully saturated rings. The minimum Gasteiger partial charge on any atom is -0.508 e. The highest BCUT2D eigenvalue weighted by atomic mass is 35.5. The van der Waals surface area contributed by atoms with Crippen LogP contribution in [0.15, 0.2) is 23.5 Å². The Morgan fingerprint density at radius 1 is 1.07 bits per heavy atom. The molecule has 2 amide bonds. The lowest BCUT2D eigenvalue weighted by atomic mass is 9.62. The molecule has 234 valence electrons. The number of nitrogens with two attached hydrogens (primary N) is 1. The molecule has 0 radical (unpaired) electrons. The van der Waals surface area contributed by atoms with Gasteiger partial charge in [-0.15, -0.1) is 12.4 Å². The number of ketones is 2. The van der Waals surface area contributed by atoms with Gasteiger partial charge in [0.05, 0.1) is 29.2 Å². The topological polar surface area (TPSA) is 206 Å². The van der Waals surface area contributed by atoms with E-state index in [2.05, 4.69) is 10.6 Å². The summed E-state index contributed by atoms with van der Waals surface area (Å²) in [5, 5.41) is 51.3. The van der Waals surface area contributed by atoms with Gasteiger partial charge in [0.15, 0.2) is 17.1 Å². The number of nitrogens with one attached hydrogen (secondary N) is 2. The number of phenolic OH excluding ortho intramolecular Hbond substituents is 2. The van der Waals surface area contributed by atoms with Crippen LogP contribution in [0, 0.1) is 5.92 Å². The monoisotopic (exact) mass is 619 g/mol. The maximum Gasteiger partial charge on any atom is 0.255 e. The second-order valence-electron chi connectivity index (χ2n) is 12.3. The first-order valence-corrected chi connectivity index (χ1v) is 13.3. The first kappa shape index (κ1) is 33.6. The van der Waals surface area contributed by atoms with Gasteiger partial charge in [-0.1, -0.05) is 0 Å². The average Bonchev–Trinajstić information content (AvgIpc) is 2.85. The minimum absolute atomic E-state index is 0. The van der Waals surface area contributed by atoms with Crippen LogP contribution in [0.1, 0.15) is 36.7 Å². The summed E-state index contributed by atoms with van der Waals surface area (Å²) in [6, 6.07) is 1.88. The number of benzene rings is 2. The maximum absolute atomic E-state index is 14.0. The Kier molecular flexibility index (Phi) is 8.83. The average molecular weight is 620 g/mol. The normalized spacial score (nSPS) is 21.8. The van der Waals surface area contributed by atoms with Crippen LogP contribution < -0.4 is 21.3 Å². The fourth-order valence-corrected chi connectivity index (χ4v) is 5.84. The van der Waals surface area contributed by atoms with E-state index < -0.39 is 69.3 Å². The quantitative estimate of drug-likeness (QED) is 0.179. The Morgan fingerprint density at radius 2 is 1.67 bits per heavy atom. The number of hydrogen-bond acceptors (Lipinski definition) is 11. The van der Waals surface area contributed by atoms with Crippen LogP contribution >= 0.6 is 12.4 Å². The Balaban J connectivity index is 0.00000506. The maximum atomic E-state index is 14.0. The Hall–Kier alpha value is -3.91. The summed E-state index contributed by atoms with van der Waals surface area (Å²) in [4.78, 5) is 55.2. The van der Waals surface area contributed by atoms with Crippen LogP contribution in [0.25, 0.3) is 10.8 Å². The smallest absolute Gasteiger partial charge is 0.255 e. The van der Waals surface area contributed by atoms with E-state index in [0.29, 0.717) is 11.1 Å². The Labute approximate surface area is 254 Å². The molecule has 0 saturated carbocycles. The van der Waals surface area contributed by atoms with Gasteiger partial charge >= 0.3 is 0 Å². The van der Waals surface area contributed by atoms with Gasteiger partial charge in [-0.05, 0) is 59.0 Å². The molecular weight excluding hydrogens is 582 g/mol. The van der Waals surface area contributed by atoms with Crippen molar-refractivity contribution in [1.82, 2.24) is 10.2 Å². The van der Waals surface area contributed by atoms with Crippen LogP contribution in [0.3, 0.4) is 0 Å². The molecule has 13 nitrogen and oxygen atoms in total. The fourth-order valence-electron chi connectivity index (χ4n) is 5.84. The molecule has 4 rings (SSSR count). The first-order valence-electron chi connectivity index (χ1n) is 13.3. The van der Waals surface area contributed by atoms with Crippen molar-refractivity contribution in [1.29, 1.82) is 0 Å². The number of halogens is 1. The number of amides is 2. The lowest BCUT2D eigenvalue weighted by Gasteiger charge is -2.47. The lowest BCUT2D eigenvalue weighted by molar-refractivity contribution is -0.132. The van der Waals surface area contributed by atoms with Crippen LogP contribution in [0.5, 0.6) is 11.5 Å². The predicted molar refractivity (Wildman–Crippen MR) is 163 cm³/mol. The number of aromatic hydroxyl groups is 2. The van der Waals surface area contributed by atoms with Crippen molar-refractivity contribution in [2.24, 2.45) is 11.7 Å². The minimum atomic E-state index is -2.77. The summed E-state index contributed by atoms with van der Waals surface area (Å²) < 4.78 is 0. The zero-order chi connectivity index (χ0) is 31.6. The van der Waals surface area contributed by atoms with E-state index in [4.69, 9.17) is 5.73 Å². The summed E-state index contributed by atoms with van der Waals surface area (Å²) in [5.74, 6) is -7.42. The number of primary amides is 1. The molecule has 8 N–H and O–H groups in total. The van der Waals surface area contributed by atoms with E-state index in [1.54, 1.807) is 25.1 Å². The first-order chi connectivity index (χ1) is 19.3. The number of phenols is 2. The number of carbonyl (C=O) groups is 4. The van der Waals surface area contributed by atoms with Gasteiger partial charge in [0.25, 0.3) is 5.91 Å². The highest BCUT2D eigenvalue weighted by Crippen LogP contribution is 2.52. The molecule has 3 atom stereocenters. The van der Waals surface area contributed by atoms with Crippen molar-refractivity contribution >= 4 is 57.9 Å². The van der Waals surface area contributed by atoms with E-state index >= 15 is 0 Å². The number of anilines is 2. The largest absolute Gasteiger partial charge is 0.508 e. The summed E-state index contributed by atoms with van der Waals surface area (Å²) >= 11 is 0. The molecule has 0 aromatic heterocycles. The Morgan fingerprint density at radius 3 is 2.19 bits per heavy atom. The second-order valence-corrected chi connectivity index (χ2v) is 12.3. The number of fused-ring (bicyclic) bond motifs is 3. The number of aliphatic hydroxyl groups excluding tert-OH is 1. The number of likely N-dealkylation sites (N-methyl/N-ethyl adjacent to an activating group) is 1. The summed E-state index contributed by atoms with van der Waals surface area (Å²) in [7, 11) is 6.48. The number of Topliss-reactive ketones (excluding diaryl/α,β-unsaturated/α-hetero) is 2. The molecule has 0 spiro atoms. The molecule has 0 bridgehead atoms. The van der Waals surface area contributed by atoms with Crippen LogP contribution in [0.4, 0.5) is 11.4 Å². The van der Waals surface area contributed by atoms with Crippen molar-refractivity contribution < 1.29 is 39.6 Å². The van der Waals surface area contributed by atoms with Gasteiger partial charge in [-0.2, -0.15) is 0 Å². The van der Waals surface area contributed by atoms with Crippen LogP contribution in [-0.2, 0) is 20.8 Å². The standard InChI is InChI=1S/C29H37N5O8.ClH/c1-28(2,3)31-11-17(35)32-15-10-16(33(4)5)13-8-12-9-14-21(34(6)7)24(38)20(27(30)41)26(40)29(14,42)25(39)18(12)23(37)19(13)22(15)36;/h8,10,14,21,31,36-37,40,42H,9,11H2,1-7H3,(H2,30,41)(H,32,35);1H/t14-,21-,29-;/m0./s1. The van der Waals surface area contributed by atoms with Crippen molar-refractivity contribution in [3.63, 3.8) is 0 Å². The van der Waals surface area contributed by atoms with Gasteiger partial charge in [0.2, 0.25) is 11.7 Å². The molecule has 0 aliphatic heterocycles. The fraction of sp³-hybridized carbons (Fsp3) is 0.448. The second kappa shape index (κ2) is 11.3. The SMILES string of the molecule is CN(C)c1cc(NC(=O)CNC(C)(C)C)c(O)c2c(O)c3c(cc12)C[C@H]1[C@H](N(C)C)C(=O)C(C(N)=O)=C(O)[C@@]1(O)C3=O.Cl. The summed E-state index contributed by atoms with van der Waals surface area (Å²) in [6.45, 7) is 5.59. The lowest BCUT2D eigenvalue weighted by Crippen LogP contribution is -2.64. The van der Waals surface area contributed by atoms with Crippen molar-refractivity contribution in [3.05, 3.63) is 34.6 Å². The Bertz CT molecular complexity index is 1580. The molecule has 2 aromatic rings. The molecule has 2 aromatic carbocycles. The number of rotatable bonds is 6. The van der Waals surface area contributed by atoms with Gasteiger partial charge in [-0.3, -0.25) is 24.1 Å². The van der Waals surface area contributed by atoms with Crippen molar-refractivity contribution in [2.75, 3.05) is 45.0 Å². The van der Waals surface area contributed by atoms with E-state index in [-0.39, 0.29) is 47.5 Å². The zero-order valence-corrected chi connectivity index (χ0v) is 25.8. The molecule has 2 aliphatic carbocycles. The molecule has 0 saturated heterocycles. The van der Waals surface area contributed by atoms with E-state index in [1.807, 2.05) is 20.8 Å². The van der Waals surface area contributed by atoms with Crippen LogP contribution in [-0.4, -0.2) is 101 Å². The number of carbonyl (C=O) groups excluding carboxylic acids is 4. The third-order valence-electron chi connectivity index (χ3n) is 7.81. The molecule has 0 unspecified atom stereocenters. The van der Waals surface area contributed by atoms with E-state index in [9.17, 15) is 39.6 Å². The third kappa shape index (κ3) is 5.37. The molecule has 14 heteroatoms. The van der Waals surface area contributed by atoms with Crippen LogP contribution in [0.2, 0.25) is 0 Å². The molecular formula is C29H38ClN5O8. The van der Waals surface area contributed by atoms with E-state index in [1.165, 1.54) is 25.1 Å². The van der Waals surface area contributed by atoms with E-state index in [0.717, 1.165) is 0 Å². The summed E-state index contributed by atoms with van der Waals surface area (Å²) in [6.07, 6.45) is -0.156. The van der Waals surface area contributed by atoms with Gasteiger partial charge in [0.1, 0.15) is 17.1 Å². The highest BCUT2D eigenvalue weighted by Gasteiger charge is 2.62. The van der Waals surface area contributed by atoms with Crippen molar-refractivity contribution in [2.45, 2.75) is 44.4 Å². The van der Waals surface area contributed by atoms with Gasteiger partial charge in [0, 0.05) is 36.6 Å². The highest BCUT2D eigenvalue weighted by molar-refractivity contribution is 6.25. The van der Waals surface area contributed by atoms with Gasteiger partial charge in [-0.25, -0.2) is 0 Å². The van der Waals surface area contributed by atoms with Crippen molar-refractivity contribution in [3.8, 4) is 11.5 Å². The molecule has 43 heavy (non-hydrogen) atoms. The van der Waals surface area contributed by atoms with Gasteiger partial charge < -0.3 is 41.7 Å². The number of aliphatic hydroxyl groups is 2. The summed E-state index contributed by atoms with van der Waals surface area (Å²) in [5.41, 5.74) is 1.65. The number of hydrogen-bond donors (Lipinski definition) is 7. The number of nitrogens with zero attached hydrogens (tertiary/aromatic N) is 2.